The first kappa shape index (κ1) is 17.3. The molecule has 27 heavy (non-hydrogen) atoms. The van der Waals surface area contributed by atoms with Gasteiger partial charge in [-0.2, -0.15) is 5.10 Å². The second-order valence-electron chi connectivity index (χ2n) is 6.21. The lowest BCUT2D eigenvalue weighted by Gasteiger charge is -2.27. The second-order valence-corrected chi connectivity index (χ2v) is 6.21. The minimum absolute atomic E-state index is 0.181. The van der Waals surface area contributed by atoms with Crippen LogP contribution in [0.3, 0.4) is 0 Å². The van der Waals surface area contributed by atoms with Gasteiger partial charge in [0.25, 0.3) is 0 Å². The molecule has 2 aliphatic rings. The Balaban J connectivity index is 1.36. The summed E-state index contributed by atoms with van der Waals surface area (Å²) < 4.78 is 10.4. The summed E-state index contributed by atoms with van der Waals surface area (Å²) in [5, 5.41) is 22.5. The van der Waals surface area contributed by atoms with Crippen LogP contribution in [0.4, 0.5) is 17.2 Å². The SMILES string of the molecule is O=CN1CCN(c2ccc(N3CC(CNc4ccon4)OC3O)cc2)C=N1. The van der Waals surface area contributed by atoms with Gasteiger partial charge >= 0.3 is 0 Å². The highest BCUT2D eigenvalue weighted by molar-refractivity contribution is 5.81. The first-order valence-corrected chi connectivity index (χ1v) is 8.60. The molecule has 2 atom stereocenters. The maximum atomic E-state index is 10.7. The van der Waals surface area contributed by atoms with E-state index in [1.807, 2.05) is 29.2 Å². The molecule has 1 saturated heterocycles. The minimum atomic E-state index is -1.00. The number of carbonyl (C=O) groups excluding carboxylic acids is 1. The molecular formula is C17H20N6O4. The number of benzene rings is 1. The number of ether oxygens (including phenoxy) is 1. The number of hydrazone groups is 1. The zero-order chi connectivity index (χ0) is 18.6. The number of hydrogen-bond donors (Lipinski definition) is 2. The van der Waals surface area contributed by atoms with Crippen LogP contribution in [0.5, 0.6) is 0 Å². The van der Waals surface area contributed by atoms with Crippen molar-refractivity contribution in [1.29, 1.82) is 0 Å². The first-order chi connectivity index (χ1) is 13.2. The summed E-state index contributed by atoms with van der Waals surface area (Å²) in [6.07, 6.45) is 2.65. The number of carbonyl (C=O) groups is 1. The van der Waals surface area contributed by atoms with Crippen LogP contribution in [-0.4, -0.2) is 66.7 Å². The van der Waals surface area contributed by atoms with Crippen molar-refractivity contribution >= 4 is 29.9 Å². The van der Waals surface area contributed by atoms with E-state index in [0.717, 1.165) is 11.4 Å². The van der Waals surface area contributed by atoms with Gasteiger partial charge in [-0.25, -0.2) is 5.01 Å². The molecule has 1 aromatic heterocycles. The van der Waals surface area contributed by atoms with E-state index in [1.165, 1.54) is 11.3 Å². The number of hydrogen-bond acceptors (Lipinski definition) is 9. The van der Waals surface area contributed by atoms with Crippen molar-refractivity contribution in [2.75, 3.05) is 41.3 Å². The Morgan fingerprint density at radius 3 is 2.70 bits per heavy atom. The van der Waals surface area contributed by atoms with E-state index >= 15 is 0 Å². The molecule has 2 aromatic rings. The molecule has 2 N–H and O–H groups in total. The summed E-state index contributed by atoms with van der Waals surface area (Å²) >= 11 is 0. The van der Waals surface area contributed by atoms with Crippen molar-refractivity contribution in [3.05, 3.63) is 36.6 Å². The zero-order valence-electron chi connectivity index (χ0n) is 14.5. The highest BCUT2D eigenvalue weighted by atomic mass is 16.6. The van der Waals surface area contributed by atoms with E-state index in [2.05, 4.69) is 15.6 Å². The Labute approximate surface area is 155 Å². The molecule has 0 aliphatic carbocycles. The molecule has 1 amide bonds. The molecule has 0 bridgehead atoms. The third kappa shape index (κ3) is 3.86. The van der Waals surface area contributed by atoms with Gasteiger partial charge in [0.15, 0.2) is 5.82 Å². The highest BCUT2D eigenvalue weighted by Gasteiger charge is 2.31. The Kier molecular flexibility index (Phi) is 4.90. The monoisotopic (exact) mass is 372 g/mol. The normalized spacial score (nSPS) is 22.3. The molecule has 10 heteroatoms. The average Bonchev–Trinajstić information content (AvgIpc) is 3.36. The van der Waals surface area contributed by atoms with Crippen LogP contribution in [0.2, 0.25) is 0 Å². The van der Waals surface area contributed by atoms with E-state index in [1.54, 1.807) is 17.3 Å². The quantitative estimate of drug-likeness (QED) is 0.706. The fourth-order valence-electron chi connectivity index (χ4n) is 3.03. The molecule has 1 aromatic carbocycles. The van der Waals surface area contributed by atoms with E-state index in [-0.39, 0.29) is 6.10 Å². The van der Waals surface area contributed by atoms with E-state index in [9.17, 15) is 9.90 Å². The Morgan fingerprint density at radius 2 is 2.04 bits per heavy atom. The average molecular weight is 372 g/mol. The van der Waals surface area contributed by atoms with Gasteiger partial charge in [-0.3, -0.25) is 4.79 Å². The highest BCUT2D eigenvalue weighted by Crippen LogP contribution is 2.26. The molecule has 10 nitrogen and oxygen atoms in total. The largest absolute Gasteiger partial charge is 0.365 e. The molecular weight excluding hydrogens is 352 g/mol. The number of rotatable bonds is 6. The van der Waals surface area contributed by atoms with Gasteiger partial charge < -0.3 is 29.5 Å². The molecule has 1 fully saturated rings. The number of aromatic nitrogens is 1. The fourth-order valence-corrected chi connectivity index (χ4v) is 3.03. The van der Waals surface area contributed by atoms with Gasteiger partial charge in [0.2, 0.25) is 12.8 Å². The molecule has 4 rings (SSSR count). The lowest BCUT2D eigenvalue weighted by molar-refractivity contribution is -0.118. The maximum Gasteiger partial charge on any atom is 0.238 e. The van der Waals surface area contributed by atoms with Crippen molar-refractivity contribution in [2.45, 2.75) is 12.5 Å². The standard InChI is InChI=1S/C17H20N6O4/c24-12-22-7-6-21(11-19-22)13-1-3-14(4-2-13)23-10-15(27-17(23)25)9-18-16-5-8-26-20-16/h1-5,8,11-12,15,17,25H,6-7,9-10H2,(H,18,20). The van der Waals surface area contributed by atoms with Gasteiger partial charge in [-0.05, 0) is 24.3 Å². The van der Waals surface area contributed by atoms with Crippen LogP contribution in [0.25, 0.3) is 0 Å². The number of nitrogens with zero attached hydrogens (tertiary/aromatic N) is 5. The number of aliphatic hydroxyl groups excluding tert-OH is 1. The Hall–Kier alpha value is -3.11. The zero-order valence-corrected chi connectivity index (χ0v) is 14.5. The van der Waals surface area contributed by atoms with Gasteiger partial charge in [-0.1, -0.05) is 5.16 Å². The lowest BCUT2D eigenvalue weighted by atomic mass is 10.2. The summed E-state index contributed by atoms with van der Waals surface area (Å²) in [7, 11) is 0. The molecule has 0 radical (unpaired) electrons. The molecule has 2 aliphatic heterocycles. The van der Waals surface area contributed by atoms with Crippen molar-refractivity contribution in [3.63, 3.8) is 0 Å². The van der Waals surface area contributed by atoms with Crippen LogP contribution in [-0.2, 0) is 9.53 Å². The topological polar surface area (TPSA) is 107 Å². The van der Waals surface area contributed by atoms with Crippen molar-refractivity contribution in [1.82, 2.24) is 10.2 Å². The minimum Gasteiger partial charge on any atom is -0.365 e. The third-order valence-corrected chi connectivity index (χ3v) is 4.47. The third-order valence-electron chi connectivity index (χ3n) is 4.47. The molecule has 3 heterocycles. The van der Waals surface area contributed by atoms with Crippen LogP contribution in [0.15, 0.2) is 46.2 Å². The summed E-state index contributed by atoms with van der Waals surface area (Å²) in [5.41, 5.74) is 1.82. The predicted molar refractivity (Wildman–Crippen MR) is 98.3 cm³/mol. The van der Waals surface area contributed by atoms with Gasteiger partial charge in [-0.15, -0.1) is 0 Å². The summed E-state index contributed by atoms with van der Waals surface area (Å²) in [5.74, 6) is 0.632. The first-order valence-electron chi connectivity index (χ1n) is 8.60. The predicted octanol–water partition coefficient (Wildman–Crippen LogP) is 0.489. The molecule has 0 spiro atoms. The maximum absolute atomic E-state index is 10.7. The van der Waals surface area contributed by atoms with E-state index in [0.29, 0.717) is 38.4 Å². The summed E-state index contributed by atoms with van der Waals surface area (Å²) in [6.45, 7) is 2.27. The fraction of sp³-hybridized carbons (Fsp3) is 0.353. The van der Waals surface area contributed by atoms with Crippen LogP contribution in [0.1, 0.15) is 0 Å². The van der Waals surface area contributed by atoms with Crippen molar-refractivity contribution in [2.24, 2.45) is 5.10 Å². The van der Waals surface area contributed by atoms with Gasteiger partial charge in [0.05, 0.1) is 19.2 Å². The second kappa shape index (κ2) is 7.64. The van der Waals surface area contributed by atoms with Crippen LogP contribution in [0, 0.1) is 0 Å². The molecule has 142 valence electrons. The number of anilines is 3. The Bertz CT molecular complexity index is 781. The van der Waals surface area contributed by atoms with Crippen molar-refractivity contribution in [3.8, 4) is 0 Å². The van der Waals surface area contributed by atoms with Crippen molar-refractivity contribution < 1.29 is 19.2 Å². The summed E-state index contributed by atoms with van der Waals surface area (Å²) in [6, 6.07) is 9.47. The van der Waals surface area contributed by atoms with Crippen LogP contribution < -0.4 is 15.1 Å². The van der Waals surface area contributed by atoms with Crippen LogP contribution >= 0.6 is 0 Å². The van der Waals surface area contributed by atoms with E-state index in [4.69, 9.17) is 9.26 Å². The number of amides is 1. The molecule has 2 unspecified atom stereocenters. The smallest absolute Gasteiger partial charge is 0.238 e. The Morgan fingerprint density at radius 1 is 1.22 bits per heavy atom. The summed E-state index contributed by atoms with van der Waals surface area (Å²) in [4.78, 5) is 14.5. The lowest BCUT2D eigenvalue weighted by Crippen LogP contribution is -2.37. The molecule has 0 saturated carbocycles. The number of nitrogens with one attached hydrogen (secondary N) is 1. The van der Waals surface area contributed by atoms with Gasteiger partial charge in [0.1, 0.15) is 12.6 Å². The van der Waals surface area contributed by atoms with Gasteiger partial charge in [0, 0.05) is 30.5 Å². The van der Waals surface area contributed by atoms with E-state index < -0.39 is 6.41 Å². The number of aliphatic hydroxyl groups is 1.